The Morgan fingerprint density at radius 3 is 2.57 bits per heavy atom. The van der Waals surface area contributed by atoms with Gasteiger partial charge in [-0.05, 0) is 56.5 Å². The minimum atomic E-state index is -0.132. The van der Waals surface area contributed by atoms with Gasteiger partial charge in [0.2, 0.25) is 0 Å². The van der Waals surface area contributed by atoms with Gasteiger partial charge in [-0.2, -0.15) is 0 Å². The Hall–Kier alpha value is -0.120. The molecule has 2 fully saturated rings. The van der Waals surface area contributed by atoms with Crippen molar-refractivity contribution in [3.05, 3.63) is 0 Å². The summed E-state index contributed by atoms with van der Waals surface area (Å²) in [5.74, 6) is 0.427. The molecule has 82 valence electrons. The third-order valence-corrected chi connectivity index (χ3v) is 4.11. The molecule has 2 atom stereocenters. The van der Waals surface area contributed by atoms with E-state index in [1.807, 2.05) is 0 Å². The summed E-state index contributed by atoms with van der Waals surface area (Å²) in [6, 6.07) is 0. The fourth-order valence-corrected chi connectivity index (χ4v) is 3.13. The van der Waals surface area contributed by atoms with Gasteiger partial charge in [0.15, 0.2) is 0 Å². The number of aliphatic hydroxyl groups excluding tert-OH is 2. The number of hydrogen-bond acceptors (Lipinski definition) is 3. The van der Waals surface area contributed by atoms with E-state index in [9.17, 15) is 10.2 Å². The summed E-state index contributed by atoms with van der Waals surface area (Å²) in [6.07, 6.45) is 4.91. The molecular formula is C11H21NO2. The average molecular weight is 199 g/mol. The van der Waals surface area contributed by atoms with Crippen LogP contribution >= 0.6 is 0 Å². The van der Waals surface area contributed by atoms with Gasteiger partial charge in [0.05, 0.1) is 6.10 Å². The highest BCUT2D eigenvalue weighted by atomic mass is 16.3. The predicted octanol–water partition coefficient (Wildman–Crippen LogP) is 0.509. The lowest BCUT2D eigenvalue weighted by Gasteiger charge is -2.47. The van der Waals surface area contributed by atoms with Crippen molar-refractivity contribution in [3.63, 3.8) is 0 Å². The molecule has 1 heterocycles. The van der Waals surface area contributed by atoms with Crippen LogP contribution in [0.3, 0.4) is 0 Å². The molecule has 2 aliphatic rings. The van der Waals surface area contributed by atoms with Crippen molar-refractivity contribution in [2.45, 2.75) is 38.2 Å². The molecule has 0 aromatic carbocycles. The molecule has 2 rings (SSSR count). The first-order valence-electron chi connectivity index (χ1n) is 5.76. The van der Waals surface area contributed by atoms with Crippen molar-refractivity contribution in [2.24, 2.45) is 11.3 Å². The van der Waals surface area contributed by atoms with Gasteiger partial charge in [0, 0.05) is 6.61 Å². The van der Waals surface area contributed by atoms with E-state index in [-0.39, 0.29) is 11.5 Å². The van der Waals surface area contributed by atoms with Gasteiger partial charge in [-0.25, -0.2) is 0 Å². The van der Waals surface area contributed by atoms with E-state index in [0.717, 1.165) is 45.2 Å². The van der Waals surface area contributed by atoms with Crippen LogP contribution in [0.15, 0.2) is 0 Å². The minimum Gasteiger partial charge on any atom is -0.396 e. The van der Waals surface area contributed by atoms with Crippen LogP contribution in [0.2, 0.25) is 0 Å². The molecule has 0 aromatic rings. The first kappa shape index (κ1) is 10.4. The van der Waals surface area contributed by atoms with E-state index < -0.39 is 0 Å². The summed E-state index contributed by atoms with van der Waals surface area (Å²) < 4.78 is 0. The number of rotatable bonds is 1. The molecule has 1 saturated carbocycles. The van der Waals surface area contributed by atoms with Crippen LogP contribution in [-0.2, 0) is 0 Å². The second kappa shape index (κ2) is 4.17. The molecule has 0 bridgehead atoms. The lowest BCUT2D eigenvalue weighted by Crippen LogP contribution is -2.48. The Morgan fingerprint density at radius 1 is 1.21 bits per heavy atom. The fraction of sp³-hybridized carbons (Fsp3) is 1.00. The third kappa shape index (κ3) is 1.81. The van der Waals surface area contributed by atoms with Crippen molar-refractivity contribution < 1.29 is 10.2 Å². The molecule has 1 spiro atoms. The molecule has 1 aliphatic heterocycles. The van der Waals surface area contributed by atoms with E-state index in [1.165, 1.54) is 0 Å². The zero-order valence-electron chi connectivity index (χ0n) is 8.71. The molecule has 0 radical (unpaired) electrons. The van der Waals surface area contributed by atoms with Crippen molar-refractivity contribution in [2.75, 3.05) is 19.7 Å². The Labute approximate surface area is 85.5 Å². The molecule has 14 heavy (non-hydrogen) atoms. The lowest BCUT2D eigenvalue weighted by molar-refractivity contribution is -0.0580. The summed E-state index contributed by atoms with van der Waals surface area (Å²) in [5, 5.41) is 22.6. The van der Waals surface area contributed by atoms with Crippen LogP contribution in [0.4, 0.5) is 0 Å². The van der Waals surface area contributed by atoms with Gasteiger partial charge in [-0.3, -0.25) is 0 Å². The molecule has 3 heteroatoms. The molecular weight excluding hydrogens is 178 g/mol. The topological polar surface area (TPSA) is 52.5 Å². The summed E-state index contributed by atoms with van der Waals surface area (Å²) in [5.41, 5.74) is 0.122. The van der Waals surface area contributed by atoms with Gasteiger partial charge in [-0.1, -0.05) is 0 Å². The van der Waals surface area contributed by atoms with E-state index in [0.29, 0.717) is 12.5 Å². The van der Waals surface area contributed by atoms with E-state index in [4.69, 9.17) is 0 Å². The first-order valence-corrected chi connectivity index (χ1v) is 5.76. The molecule has 0 aromatic heterocycles. The van der Waals surface area contributed by atoms with Crippen LogP contribution in [-0.4, -0.2) is 36.0 Å². The predicted molar refractivity (Wildman–Crippen MR) is 55.0 cm³/mol. The number of hydrogen-bond donors (Lipinski definition) is 3. The second-order valence-corrected chi connectivity index (χ2v) is 4.96. The van der Waals surface area contributed by atoms with Gasteiger partial charge in [-0.15, -0.1) is 0 Å². The molecule has 0 amide bonds. The average Bonchev–Trinajstić information content (AvgIpc) is 2.24. The highest BCUT2D eigenvalue weighted by Gasteiger charge is 2.43. The van der Waals surface area contributed by atoms with Crippen molar-refractivity contribution in [3.8, 4) is 0 Å². The summed E-state index contributed by atoms with van der Waals surface area (Å²) in [7, 11) is 0. The Balaban J connectivity index is 2.05. The Bertz CT molecular complexity index is 190. The molecule has 3 nitrogen and oxygen atoms in total. The van der Waals surface area contributed by atoms with Crippen LogP contribution in [0.25, 0.3) is 0 Å². The van der Waals surface area contributed by atoms with Gasteiger partial charge in [0.25, 0.3) is 0 Å². The maximum absolute atomic E-state index is 10.1. The van der Waals surface area contributed by atoms with Crippen LogP contribution in [0, 0.1) is 11.3 Å². The summed E-state index contributed by atoms with van der Waals surface area (Å²) >= 11 is 0. The smallest absolute Gasteiger partial charge is 0.0597 e. The lowest BCUT2D eigenvalue weighted by atomic mass is 9.63. The van der Waals surface area contributed by atoms with Gasteiger partial charge < -0.3 is 15.5 Å². The normalized spacial score (nSPS) is 37.3. The highest BCUT2D eigenvalue weighted by Crippen LogP contribution is 2.45. The fourth-order valence-electron chi connectivity index (χ4n) is 3.13. The molecule has 1 aliphatic carbocycles. The van der Waals surface area contributed by atoms with Gasteiger partial charge in [0.1, 0.15) is 0 Å². The van der Waals surface area contributed by atoms with Crippen molar-refractivity contribution in [1.29, 1.82) is 0 Å². The second-order valence-electron chi connectivity index (χ2n) is 4.96. The molecule has 3 N–H and O–H groups in total. The standard InChI is InChI=1S/C11H21NO2/c13-8-9-1-2-10(14)11(7-9)3-5-12-6-4-11/h9-10,12-14H,1-8H2. The Morgan fingerprint density at radius 2 is 1.93 bits per heavy atom. The van der Waals surface area contributed by atoms with Crippen molar-refractivity contribution in [1.82, 2.24) is 5.32 Å². The number of aliphatic hydroxyl groups is 2. The highest BCUT2D eigenvalue weighted by molar-refractivity contribution is 4.95. The monoisotopic (exact) mass is 199 g/mol. The molecule has 1 saturated heterocycles. The van der Waals surface area contributed by atoms with Crippen molar-refractivity contribution >= 4 is 0 Å². The first-order chi connectivity index (χ1) is 6.77. The van der Waals surface area contributed by atoms with Crippen LogP contribution in [0.5, 0.6) is 0 Å². The van der Waals surface area contributed by atoms with Crippen LogP contribution in [0.1, 0.15) is 32.1 Å². The number of piperidine rings is 1. The zero-order chi connectivity index (χ0) is 10.0. The van der Waals surface area contributed by atoms with E-state index in [1.54, 1.807) is 0 Å². The van der Waals surface area contributed by atoms with Gasteiger partial charge >= 0.3 is 0 Å². The van der Waals surface area contributed by atoms with Crippen LogP contribution < -0.4 is 5.32 Å². The molecule has 2 unspecified atom stereocenters. The summed E-state index contributed by atoms with van der Waals surface area (Å²) in [6.45, 7) is 2.34. The zero-order valence-corrected chi connectivity index (χ0v) is 8.71. The summed E-state index contributed by atoms with van der Waals surface area (Å²) in [4.78, 5) is 0. The third-order valence-electron chi connectivity index (χ3n) is 4.11. The van der Waals surface area contributed by atoms with E-state index >= 15 is 0 Å². The minimum absolute atomic E-state index is 0.122. The maximum Gasteiger partial charge on any atom is 0.0597 e. The maximum atomic E-state index is 10.1. The van der Waals surface area contributed by atoms with E-state index in [2.05, 4.69) is 5.32 Å². The largest absolute Gasteiger partial charge is 0.396 e. The Kier molecular flexibility index (Phi) is 3.10. The number of nitrogens with one attached hydrogen (secondary N) is 1. The quantitative estimate of drug-likeness (QED) is 0.577. The SMILES string of the molecule is OCC1CCC(O)C2(CCNCC2)C1.